The van der Waals surface area contributed by atoms with Crippen molar-refractivity contribution in [1.29, 1.82) is 5.41 Å². The van der Waals surface area contributed by atoms with Crippen LogP contribution in [0.4, 0.5) is 0 Å². The van der Waals surface area contributed by atoms with Gasteiger partial charge in [-0.1, -0.05) is 11.6 Å². The molecule has 0 amide bonds. The zero-order valence-corrected chi connectivity index (χ0v) is 12.3. The first kappa shape index (κ1) is 13.8. The van der Waals surface area contributed by atoms with E-state index in [-0.39, 0.29) is 11.8 Å². The maximum atomic E-state index is 7.38. The molecule has 0 aliphatic rings. The summed E-state index contributed by atoms with van der Waals surface area (Å²) in [6.07, 6.45) is 0. The molecule has 0 aliphatic carbocycles. The fourth-order valence-electron chi connectivity index (χ4n) is 1.38. The molecule has 2 aromatic rings. The monoisotopic (exact) mass is 340 g/mol. The molecule has 3 N–H and O–H groups in total. The van der Waals surface area contributed by atoms with Gasteiger partial charge in [0.1, 0.15) is 17.3 Å². The standard InChI is InChI=1S/C12H10BrClN4O/c1-6-4-9(11(15)16)18-12(17-6)19-10-3-2-7(14)5-8(10)13/h2-5H,1H3,(H3,15,16). The molecule has 1 aromatic carbocycles. The first-order valence-electron chi connectivity index (χ1n) is 5.28. The van der Waals surface area contributed by atoms with Gasteiger partial charge < -0.3 is 10.5 Å². The maximum absolute atomic E-state index is 7.38. The Labute approximate surface area is 123 Å². The lowest BCUT2D eigenvalue weighted by Gasteiger charge is -2.08. The van der Waals surface area contributed by atoms with Crippen molar-refractivity contribution in [3.8, 4) is 11.8 Å². The van der Waals surface area contributed by atoms with Crippen molar-refractivity contribution < 1.29 is 4.74 Å². The van der Waals surface area contributed by atoms with E-state index in [0.29, 0.717) is 26.6 Å². The molecular formula is C12H10BrClN4O. The van der Waals surface area contributed by atoms with Crippen LogP contribution < -0.4 is 10.5 Å². The fraction of sp³-hybridized carbons (Fsp3) is 0.0833. The lowest BCUT2D eigenvalue weighted by atomic mass is 10.3. The number of hydrogen-bond donors (Lipinski definition) is 2. The summed E-state index contributed by atoms with van der Waals surface area (Å²) < 4.78 is 6.25. The van der Waals surface area contributed by atoms with E-state index in [1.807, 2.05) is 0 Å². The predicted molar refractivity (Wildman–Crippen MR) is 77.0 cm³/mol. The summed E-state index contributed by atoms with van der Waals surface area (Å²) in [5.74, 6) is 0.398. The lowest BCUT2D eigenvalue weighted by molar-refractivity contribution is 0.437. The fourth-order valence-corrected chi connectivity index (χ4v) is 2.14. The molecule has 0 aliphatic heterocycles. The van der Waals surface area contributed by atoms with Gasteiger partial charge in [-0.05, 0) is 47.1 Å². The molecule has 0 radical (unpaired) electrons. The minimum absolute atomic E-state index is 0.133. The highest BCUT2D eigenvalue weighted by molar-refractivity contribution is 9.10. The first-order chi connectivity index (χ1) is 8.95. The van der Waals surface area contributed by atoms with Crippen LogP contribution in [0.3, 0.4) is 0 Å². The Kier molecular flexibility index (Phi) is 4.01. The van der Waals surface area contributed by atoms with Gasteiger partial charge >= 0.3 is 6.01 Å². The van der Waals surface area contributed by atoms with Crippen LogP contribution in [0.15, 0.2) is 28.7 Å². The van der Waals surface area contributed by atoms with Crippen LogP contribution in [0.5, 0.6) is 11.8 Å². The van der Waals surface area contributed by atoms with Crippen molar-refractivity contribution >= 4 is 33.4 Å². The molecule has 19 heavy (non-hydrogen) atoms. The summed E-state index contributed by atoms with van der Waals surface area (Å²) >= 11 is 9.19. The smallest absolute Gasteiger partial charge is 0.322 e. The minimum Gasteiger partial charge on any atom is -0.423 e. The van der Waals surface area contributed by atoms with E-state index in [1.165, 1.54) is 0 Å². The Morgan fingerprint density at radius 3 is 2.74 bits per heavy atom. The van der Waals surface area contributed by atoms with Crippen LogP contribution >= 0.6 is 27.5 Å². The van der Waals surface area contributed by atoms with Crippen LogP contribution in [-0.4, -0.2) is 15.8 Å². The second kappa shape index (κ2) is 5.54. The number of benzene rings is 1. The molecule has 0 spiro atoms. The van der Waals surface area contributed by atoms with Crippen LogP contribution in [0.25, 0.3) is 0 Å². The van der Waals surface area contributed by atoms with E-state index in [2.05, 4.69) is 25.9 Å². The molecule has 0 unspecified atom stereocenters. The Balaban J connectivity index is 2.35. The number of hydrogen-bond acceptors (Lipinski definition) is 4. The molecule has 1 heterocycles. The highest BCUT2D eigenvalue weighted by atomic mass is 79.9. The van der Waals surface area contributed by atoms with E-state index >= 15 is 0 Å². The van der Waals surface area contributed by atoms with Gasteiger partial charge in [-0.15, -0.1) is 0 Å². The van der Waals surface area contributed by atoms with Gasteiger partial charge in [0, 0.05) is 10.7 Å². The largest absolute Gasteiger partial charge is 0.423 e. The maximum Gasteiger partial charge on any atom is 0.322 e. The predicted octanol–water partition coefficient (Wildman–Crippen LogP) is 3.28. The SMILES string of the molecule is Cc1cc(C(=N)N)nc(Oc2ccc(Cl)cc2Br)n1. The molecule has 0 fully saturated rings. The summed E-state index contributed by atoms with van der Waals surface area (Å²) in [5, 5.41) is 7.98. The topological polar surface area (TPSA) is 84.9 Å². The van der Waals surface area contributed by atoms with Crippen LogP contribution in [0.1, 0.15) is 11.4 Å². The number of rotatable bonds is 3. The molecule has 2 rings (SSSR count). The van der Waals surface area contributed by atoms with Gasteiger partial charge in [-0.2, -0.15) is 4.98 Å². The summed E-state index contributed by atoms with van der Waals surface area (Å²) in [7, 11) is 0. The number of nitrogens with one attached hydrogen (secondary N) is 1. The van der Waals surface area contributed by atoms with Crippen molar-refractivity contribution in [2.24, 2.45) is 5.73 Å². The summed E-state index contributed by atoms with van der Waals surface area (Å²) in [4.78, 5) is 8.19. The van der Waals surface area contributed by atoms with Crippen LogP contribution in [-0.2, 0) is 0 Å². The number of ether oxygens (including phenoxy) is 1. The molecule has 7 heteroatoms. The molecule has 0 atom stereocenters. The zero-order valence-electron chi connectivity index (χ0n) is 9.95. The zero-order chi connectivity index (χ0) is 14.0. The third-order valence-electron chi connectivity index (χ3n) is 2.20. The van der Waals surface area contributed by atoms with Crippen LogP contribution in [0.2, 0.25) is 5.02 Å². The summed E-state index contributed by atoms with van der Waals surface area (Å²) in [6, 6.07) is 6.85. The van der Waals surface area contributed by atoms with Crippen molar-refractivity contribution in [2.45, 2.75) is 6.92 Å². The van der Waals surface area contributed by atoms with Crippen molar-refractivity contribution in [1.82, 2.24) is 9.97 Å². The number of aryl methyl sites for hydroxylation is 1. The summed E-state index contributed by atoms with van der Waals surface area (Å²) in [6.45, 7) is 1.78. The number of nitrogens with two attached hydrogens (primary N) is 1. The average molecular weight is 342 g/mol. The minimum atomic E-state index is -0.134. The number of amidine groups is 1. The number of nitrogens with zero attached hydrogens (tertiary/aromatic N) is 2. The molecule has 0 saturated carbocycles. The normalized spacial score (nSPS) is 10.3. The number of aromatic nitrogens is 2. The van der Waals surface area contributed by atoms with Crippen LogP contribution in [0, 0.1) is 12.3 Å². The average Bonchev–Trinajstić information content (AvgIpc) is 2.32. The van der Waals surface area contributed by atoms with Gasteiger partial charge in [0.15, 0.2) is 0 Å². The van der Waals surface area contributed by atoms with Gasteiger partial charge in [0.25, 0.3) is 0 Å². The van der Waals surface area contributed by atoms with E-state index in [9.17, 15) is 0 Å². The Hall–Kier alpha value is -1.66. The van der Waals surface area contributed by atoms with E-state index in [4.69, 9.17) is 27.5 Å². The first-order valence-corrected chi connectivity index (χ1v) is 6.46. The second-order valence-electron chi connectivity index (χ2n) is 3.77. The van der Waals surface area contributed by atoms with E-state index < -0.39 is 0 Å². The molecular weight excluding hydrogens is 332 g/mol. The highest BCUT2D eigenvalue weighted by Crippen LogP contribution is 2.30. The van der Waals surface area contributed by atoms with Gasteiger partial charge in [0.05, 0.1) is 4.47 Å². The Bertz CT molecular complexity index is 648. The Morgan fingerprint density at radius 1 is 1.37 bits per heavy atom. The third kappa shape index (κ3) is 3.42. The molecule has 0 saturated heterocycles. The number of halogens is 2. The molecule has 98 valence electrons. The lowest BCUT2D eigenvalue weighted by Crippen LogP contribution is -2.14. The van der Waals surface area contributed by atoms with Crippen molar-refractivity contribution in [2.75, 3.05) is 0 Å². The van der Waals surface area contributed by atoms with Crippen molar-refractivity contribution in [3.63, 3.8) is 0 Å². The molecule has 5 nitrogen and oxygen atoms in total. The van der Waals surface area contributed by atoms with Gasteiger partial charge in [-0.3, -0.25) is 5.41 Å². The van der Waals surface area contributed by atoms with E-state index in [1.54, 1.807) is 31.2 Å². The third-order valence-corrected chi connectivity index (χ3v) is 3.06. The second-order valence-corrected chi connectivity index (χ2v) is 5.06. The summed E-state index contributed by atoms with van der Waals surface area (Å²) in [5.41, 5.74) is 6.40. The van der Waals surface area contributed by atoms with Gasteiger partial charge in [-0.25, -0.2) is 4.98 Å². The van der Waals surface area contributed by atoms with Crippen molar-refractivity contribution in [3.05, 3.63) is 45.1 Å². The molecule has 1 aromatic heterocycles. The highest BCUT2D eigenvalue weighted by Gasteiger charge is 2.09. The molecule has 0 bridgehead atoms. The van der Waals surface area contributed by atoms with E-state index in [0.717, 1.165) is 0 Å². The van der Waals surface area contributed by atoms with Gasteiger partial charge in [0.2, 0.25) is 0 Å². The quantitative estimate of drug-likeness (QED) is 0.663. The number of nitrogen functional groups attached to an aromatic ring is 1. The Morgan fingerprint density at radius 2 is 2.11 bits per heavy atom.